The van der Waals surface area contributed by atoms with E-state index in [1.54, 1.807) is 13.1 Å². The van der Waals surface area contributed by atoms with Crippen molar-refractivity contribution in [1.29, 1.82) is 0 Å². The monoisotopic (exact) mass is 520 g/mol. The summed E-state index contributed by atoms with van der Waals surface area (Å²) in [5, 5.41) is 2.88. The van der Waals surface area contributed by atoms with Crippen molar-refractivity contribution in [1.82, 2.24) is 10.2 Å². The third kappa shape index (κ3) is 9.56. The van der Waals surface area contributed by atoms with Gasteiger partial charge in [-0.3, -0.25) is 4.79 Å². The summed E-state index contributed by atoms with van der Waals surface area (Å²) in [6, 6.07) is -0.508. The molecule has 0 bridgehead atoms. The average molecular weight is 521 g/mol. The minimum Gasteiger partial charge on any atom is -0.449 e. The van der Waals surface area contributed by atoms with Crippen LogP contribution >= 0.6 is 0 Å². The van der Waals surface area contributed by atoms with E-state index in [1.807, 2.05) is 20.8 Å². The SMILES string of the molecule is CCCOC(=O)N(C)[C@@H](C)/C=C\C(=O)NC1COC(C/C=C(C)/C=C/[C@@H]2C[C@]3(CO3)CC(C)(C)O2)OC1. The Labute approximate surface area is 221 Å². The molecule has 3 atom stereocenters. The van der Waals surface area contributed by atoms with E-state index >= 15 is 0 Å². The molecule has 3 aliphatic rings. The summed E-state index contributed by atoms with van der Waals surface area (Å²) < 4.78 is 28.6. The first-order valence-corrected chi connectivity index (χ1v) is 13.3. The quantitative estimate of drug-likeness (QED) is 0.265. The first-order valence-electron chi connectivity index (χ1n) is 13.3. The molecule has 208 valence electrons. The molecule has 3 rings (SSSR count). The fourth-order valence-electron chi connectivity index (χ4n) is 4.57. The highest BCUT2D eigenvalue weighted by Crippen LogP contribution is 2.46. The standard InChI is InChI=1S/C28H44N2O7/c1-7-14-33-26(32)30(6)21(3)10-12-24(31)29-22-16-34-25(35-17-22)13-9-20(2)8-11-23-15-28(19-36-28)18-27(4,5)37-23/h8-12,21-23,25H,7,13-19H2,1-6H3,(H,29,31)/b11-8+,12-10-,20-9+/t21-,22?,23+,25?,28+/m0/s1. The van der Waals surface area contributed by atoms with Crippen molar-refractivity contribution >= 4 is 12.0 Å². The molecule has 9 nitrogen and oxygen atoms in total. The number of nitrogens with one attached hydrogen (secondary N) is 1. The van der Waals surface area contributed by atoms with E-state index in [2.05, 4.69) is 37.4 Å². The number of epoxide rings is 1. The van der Waals surface area contributed by atoms with Crippen LogP contribution in [0, 0.1) is 0 Å². The van der Waals surface area contributed by atoms with Crippen molar-refractivity contribution in [2.24, 2.45) is 0 Å². The number of carbonyl (C=O) groups excluding carboxylic acids is 2. The number of likely N-dealkylation sites (N-methyl/N-ethyl adjacent to an activating group) is 1. The van der Waals surface area contributed by atoms with Gasteiger partial charge in [-0.05, 0) is 34.1 Å². The molecule has 0 unspecified atom stereocenters. The molecule has 3 heterocycles. The molecule has 1 spiro atoms. The van der Waals surface area contributed by atoms with E-state index in [0.29, 0.717) is 26.2 Å². The average Bonchev–Trinajstić information content (AvgIpc) is 3.59. The zero-order chi connectivity index (χ0) is 27.1. The summed E-state index contributed by atoms with van der Waals surface area (Å²) in [5.74, 6) is -0.259. The summed E-state index contributed by atoms with van der Waals surface area (Å²) in [5.41, 5.74) is 0.948. The van der Waals surface area contributed by atoms with E-state index in [-0.39, 0.29) is 41.6 Å². The Morgan fingerprint density at radius 3 is 2.57 bits per heavy atom. The molecular formula is C28H44N2O7. The molecule has 9 heteroatoms. The Bertz CT molecular complexity index is 864. The van der Waals surface area contributed by atoms with Crippen LogP contribution in [0.25, 0.3) is 0 Å². The number of carbonyl (C=O) groups is 2. The minimum absolute atomic E-state index is 0.0107. The number of allylic oxidation sites excluding steroid dienone is 2. The highest BCUT2D eigenvalue weighted by Gasteiger charge is 2.53. The van der Waals surface area contributed by atoms with Gasteiger partial charge in [0.15, 0.2) is 6.29 Å². The van der Waals surface area contributed by atoms with E-state index in [1.165, 1.54) is 11.0 Å². The van der Waals surface area contributed by atoms with Crippen molar-refractivity contribution in [2.45, 2.75) is 96.0 Å². The molecule has 0 saturated carbocycles. The summed E-state index contributed by atoms with van der Waals surface area (Å²) in [6.45, 7) is 12.0. The molecule has 3 aliphatic heterocycles. The van der Waals surface area contributed by atoms with Crippen LogP contribution in [-0.2, 0) is 28.5 Å². The molecule has 3 fully saturated rings. The van der Waals surface area contributed by atoms with Gasteiger partial charge in [0.1, 0.15) is 0 Å². The second-order valence-corrected chi connectivity index (χ2v) is 10.9. The molecule has 1 N–H and O–H groups in total. The predicted octanol–water partition coefficient (Wildman–Crippen LogP) is 3.89. The van der Waals surface area contributed by atoms with Crippen LogP contribution in [0.2, 0.25) is 0 Å². The summed E-state index contributed by atoms with van der Waals surface area (Å²) in [6.07, 6.45) is 11.9. The second-order valence-electron chi connectivity index (χ2n) is 10.9. The number of hydrogen-bond acceptors (Lipinski definition) is 7. The third-order valence-corrected chi connectivity index (χ3v) is 6.72. The highest BCUT2D eigenvalue weighted by molar-refractivity contribution is 5.87. The summed E-state index contributed by atoms with van der Waals surface area (Å²) in [4.78, 5) is 25.6. The van der Waals surface area contributed by atoms with Gasteiger partial charge in [-0.2, -0.15) is 0 Å². The number of nitrogens with zero attached hydrogens (tertiary/aromatic N) is 1. The number of hydrogen-bond donors (Lipinski definition) is 1. The predicted molar refractivity (Wildman–Crippen MR) is 140 cm³/mol. The second kappa shape index (κ2) is 13.0. The fraction of sp³-hybridized carbons (Fsp3) is 0.714. The minimum atomic E-state index is -0.410. The lowest BCUT2D eigenvalue weighted by atomic mass is 9.85. The molecule has 37 heavy (non-hydrogen) atoms. The molecule has 0 radical (unpaired) electrons. The van der Waals surface area contributed by atoms with Crippen LogP contribution in [0.4, 0.5) is 4.79 Å². The van der Waals surface area contributed by atoms with E-state index in [9.17, 15) is 9.59 Å². The Kier molecular flexibility index (Phi) is 10.3. The largest absolute Gasteiger partial charge is 0.449 e. The van der Waals surface area contributed by atoms with Crippen molar-refractivity contribution in [3.8, 4) is 0 Å². The number of ether oxygens (including phenoxy) is 5. The van der Waals surface area contributed by atoms with Gasteiger partial charge in [0, 0.05) is 32.4 Å². The van der Waals surface area contributed by atoms with Crippen molar-refractivity contribution < 1.29 is 33.3 Å². The smallest absolute Gasteiger partial charge is 0.409 e. The van der Waals surface area contributed by atoms with E-state index < -0.39 is 6.09 Å². The number of rotatable bonds is 10. The fourth-order valence-corrected chi connectivity index (χ4v) is 4.57. The van der Waals surface area contributed by atoms with Crippen molar-refractivity contribution in [3.63, 3.8) is 0 Å². The topological polar surface area (TPSA) is 98.9 Å². The first-order chi connectivity index (χ1) is 17.5. The van der Waals surface area contributed by atoms with Gasteiger partial charge in [0.05, 0.1) is 55.8 Å². The van der Waals surface area contributed by atoms with Gasteiger partial charge < -0.3 is 33.9 Å². The summed E-state index contributed by atoms with van der Waals surface area (Å²) in [7, 11) is 1.64. The van der Waals surface area contributed by atoms with Crippen LogP contribution in [0.5, 0.6) is 0 Å². The zero-order valence-corrected chi connectivity index (χ0v) is 23.2. The maximum Gasteiger partial charge on any atom is 0.409 e. The van der Waals surface area contributed by atoms with E-state index in [0.717, 1.165) is 31.4 Å². The zero-order valence-electron chi connectivity index (χ0n) is 23.2. The van der Waals surface area contributed by atoms with Gasteiger partial charge in [0.25, 0.3) is 0 Å². The molecule has 2 amide bonds. The van der Waals surface area contributed by atoms with Crippen LogP contribution in [0.3, 0.4) is 0 Å². The Hall–Kier alpha value is -2.20. The lowest BCUT2D eigenvalue weighted by Crippen LogP contribution is -2.46. The first kappa shape index (κ1) is 29.4. The molecular weight excluding hydrogens is 476 g/mol. The lowest BCUT2D eigenvalue weighted by molar-refractivity contribution is -0.187. The molecule has 0 aliphatic carbocycles. The third-order valence-electron chi connectivity index (χ3n) is 6.72. The normalized spacial score (nSPS) is 30.4. The van der Waals surface area contributed by atoms with Gasteiger partial charge in [-0.15, -0.1) is 0 Å². The maximum atomic E-state index is 12.3. The van der Waals surface area contributed by atoms with Gasteiger partial charge in [0.2, 0.25) is 5.91 Å². The molecule has 3 saturated heterocycles. The van der Waals surface area contributed by atoms with Crippen molar-refractivity contribution in [2.75, 3.05) is 33.5 Å². The lowest BCUT2D eigenvalue weighted by Gasteiger charge is -2.38. The Morgan fingerprint density at radius 2 is 1.92 bits per heavy atom. The van der Waals surface area contributed by atoms with E-state index in [4.69, 9.17) is 23.7 Å². The maximum absolute atomic E-state index is 12.3. The highest BCUT2D eigenvalue weighted by atomic mass is 16.7. The van der Waals surface area contributed by atoms with Crippen LogP contribution < -0.4 is 5.32 Å². The Balaban J connectivity index is 1.35. The number of amides is 2. The van der Waals surface area contributed by atoms with Crippen LogP contribution in [0.1, 0.15) is 60.3 Å². The molecule has 0 aromatic heterocycles. The Morgan fingerprint density at radius 1 is 1.22 bits per heavy atom. The van der Waals surface area contributed by atoms with Crippen molar-refractivity contribution in [3.05, 3.63) is 36.0 Å². The van der Waals surface area contributed by atoms with Gasteiger partial charge in [-0.1, -0.05) is 36.8 Å². The van der Waals surface area contributed by atoms with Crippen LogP contribution in [-0.4, -0.2) is 86.1 Å². The molecule has 0 aromatic carbocycles. The van der Waals surface area contributed by atoms with Crippen LogP contribution in [0.15, 0.2) is 36.0 Å². The molecule has 0 aromatic rings. The summed E-state index contributed by atoms with van der Waals surface area (Å²) >= 11 is 0. The van der Waals surface area contributed by atoms with Gasteiger partial charge >= 0.3 is 6.09 Å². The van der Waals surface area contributed by atoms with Gasteiger partial charge in [-0.25, -0.2) is 4.79 Å².